The summed E-state index contributed by atoms with van der Waals surface area (Å²) >= 11 is 0. The number of nitrogens with zero attached hydrogens (tertiary/aromatic N) is 1. The highest BCUT2D eigenvalue weighted by atomic mass is 32.2. The van der Waals surface area contributed by atoms with E-state index in [-0.39, 0.29) is 6.04 Å². The third-order valence-corrected chi connectivity index (χ3v) is 6.39. The van der Waals surface area contributed by atoms with Crippen LogP contribution in [-0.4, -0.2) is 32.4 Å². The van der Waals surface area contributed by atoms with Crippen LogP contribution in [0.4, 0.5) is 0 Å². The van der Waals surface area contributed by atoms with Gasteiger partial charge in [0.15, 0.2) is 0 Å². The van der Waals surface area contributed by atoms with Crippen LogP contribution in [0.2, 0.25) is 0 Å². The van der Waals surface area contributed by atoms with Crippen LogP contribution in [0.25, 0.3) is 10.8 Å². The number of sulfonamides is 1. The van der Waals surface area contributed by atoms with Crippen molar-refractivity contribution in [3.8, 4) is 0 Å². The van der Waals surface area contributed by atoms with Crippen molar-refractivity contribution >= 4 is 20.8 Å². The second-order valence-corrected chi connectivity index (χ2v) is 8.55. The molecule has 26 heavy (non-hydrogen) atoms. The van der Waals surface area contributed by atoms with Gasteiger partial charge >= 0.3 is 0 Å². The molecule has 4 rings (SSSR count). The molecule has 0 saturated carbocycles. The van der Waals surface area contributed by atoms with Crippen LogP contribution in [-0.2, 0) is 16.6 Å². The Morgan fingerprint density at radius 2 is 1.65 bits per heavy atom. The molecule has 0 radical (unpaired) electrons. The molecule has 1 saturated heterocycles. The zero-order chi connectivity index (χ0) is 18.0. The molecule has 1 N–H and O–H groups in total. The SMILES string of the molecule is O=S(=O)(N[C@@H]1CCN(Cc2ccccc2)C1)c1ccc2ccccc2c1. The van der Waals surface area contributed by atoms with Gasteiger partial charge < -0.3 is 0 Å². The van der Waals surface area contributed by atoms with Gasteiger partial charge in [0.25, 0.3) is 0 Å². The van der Waals surface area contributed by atoms with Crippen LogP contribution in [0.1, 0.15) is 12.0 Å². The molecule has 4 nitrogen and oxygen atoms in total. The van der Waals surface area contributed by atoms with Gasteiger partial charge in [-0.3, -0.25) is 4.90 Å². The van der Waals surface area contributed by atoms with E-state index in [2.05, 4.69) is 21.8 Å². The van der Waals surface area contributed by atoms with E-state index >= 15 is 0 Å². The van der Waals surface area contributed by atoms with Crippen molar-refractivity contribution in [3.63, 3.8) is 0 Å². The molecule has 0 aliphatic carbocycles. The molecule has 0 unspecified atom stereocenters. The molecule has 1 atom stereocenters. The summed E-state index contributed by atoms with van der Waals surface area (Å²) in [6.07, 6.45) is 0.833. The largest absolute Gasteiger partial charge is 0.297 e. The summed E-state index contributed by atoms with van der Waals surface area (Å²) < 4.78 is 28.4. The highest BCUT2D eigenvalue weighted by Crippen LogP contribution is 2.21. The van der Waals surface area contributed by atoms with Gasteiger partial charge in [-0.15, -0.1) is 0 Å². The summed E-state index contributed by atoms with van der Waals surface area (Å²) in [5.41, 5.74) is 1.26. The molecule has 5 heteroatoms. The molecule has 0 spiro atoms. The van der Waals surface area contributed by atoms with Crippen molar-refractivity contribution in [1.29, 1.82) is 0 Å². The van der Waals surface area contributed by atoms with E-state index in [4.69, 9.17) is 0 Å². The van der Waals surface area contributed by atoms with Crippen molar-refractivity contribution in [2.75, 3.05) is 13.1 Å². The van der Waals surface area contributed by atoms with Gasteiger partial charge in [-0.1, -0.05) is 60.7 Å². The smallest absolute Gasteiger partial charge is 0.240 e. The quantitative estimate of drug-likeness (QED) is 0.753. The monoisotopic (exact) mass is 366 g/mol. The summed E-state index contributed by atoms with van der Waals surface area (Å²) in [6.45, 7) is 2.50. The Labute approximate surface area is 154 Å². The fourth-order valence-electron chi connectivity index (χ4n) is 3.54. The van der Waals surface area contributed by atoms with Crippen molar-refractivity contribution in [3.05, 3.63) is 78.4 Å². The number of fused-ring (bicyclic) bond motifs is 1. The topological polar surface area (TPSA) is 49.4 Å². The van der Waals surface area contributed by atoms with Gasteiger partial charge in [0.05, 0.1) is 4.90 Å². The lowest BCUT2D eigenvalue weighted by molar-refractivity contribution is 0.324. The minimum absolute atomic E-state index is 0.0461. The predicted octanol–water partition coefficient (Wildman–Crippen LogP) is 3.39. The Morgan fingerprint density at radius 1 is 0.923 bits per heavy atom. The fourth-order valence-corrected chi connectivity index (χ4v) is 4.83. The summed E-state index contributed by atoms with van der Waals surface area (Å²) in [5, 5.41) is 1.98. The zero-order valence-corrected chi connectivity index (χ0v) is 15.3. The predicted molar refractivity (Wildman–Crippen MR) is 104 cm³/mol. The van der Waals surface area contributed by atoms with Gasteiger partial charge in [0.2, 0.25) is 10.0 Å². The molecule has 1 aliphatic rings. The third-order valence-electron chi connectivity index (χ3n) is 4.87. The van der Waals surface area contributed by atoms with E-state index in [1.807, 2.05) is 48.5 Å². The number of hydrogen-bond acceptors (Lipinski definition) is 3. The van der Waals surface area contributed by atoms with Crippen LogP contribution in [0.15, 0.2) is 77.7 Å². The molecular weight excluding hydrogens is 344 g/mol. The maximum atomic E-state index is 12.8. The molecular formula is C21H22N2O2S. The minimum atomic E-state index is -3.51. The summed E-state index contributed by atoms with van der Waals surface area (Å²) in [6, 6.07) is 23.3. The van der Waals surface area contributed by atoms with Crippen LogP contribution in [0.3, 0.4) is 0 Å². The van der Waals surface area contributed by atoms with E-state index in [1.54, 1.807) is 12.1 Å². The number of nitrogens with one attached hydrogen (secondary N) is 1. The molecule has 0 aromatic heterocycles. The lowest BCUT2D eigenvalue weighted by atomic mass is 10.1. The van der Waals surface area contributed by atoms with Gasteiger partial charge in [0.1, 0.15) is 0 Å². The first-order valence-corrected chi connectivity index (χ1v) is 10.4. The Balaban J connectivity index is 1.44. The fraction of sp³-hybridized carbons (Fsp3) is 0.238. The van der Waals surface area contributed by atoms with Gasteiger partial charge in [-0.2, -0.15) is 0 Å². The Hall–Kier alpha value is -2.21. The van der Waals surface area contributed by atoms with Crippen molar-refractivity contribution in [2.45, 2.75) is 23.9 Å². The van der Waals surface area contributed by atoms with Crippen molar-refractivity contribution in [2.24, 2.45) is 0 Å². The minimum Gasteiger partial charge on any atom is -0.297 e. The molecule has 134 valence electrons. The standard InChI is InChI=1S/C21H22N2O2S/c24-26(25,21-11-10-18-8-4-5-9-19(18)14-21)22-20-12-13-23(16-20)15-17-6-2-1-3-7-17/h1-11,14,20,22H,12-13,15-16H2/t20-/m1/s1. The lowest BCUT2D eigenvalue weighted by Crippen LogP contribution is -2.36. The van der Waals surface area contributed by atoms with E-state index in [9.17, 15) is 8.42 Å². The van der Waals surface area contributed by atoms with E-state index in [0.717, 1.165) is 36.8 Å². The van der Waals surface area contributed by atoms with Crippen molar-refractivity contribution in [1.82, 2.24) is 9.62 Å². The highest BCUT2D eigenvalue weighted by Gasteiger charge is 2.27. The Morgan fingerprint density at radius 3 is 2.46 bits per heavy atom. The van der Waals surface area contributed by atoms with Crippen LogP contribution < -0.4 is 4.72 Å². The molecule has 0 amide bonds. The average Bonchev–Trinajstić information content (AvgIpc) is 3.08. The third kappa shape index (κ3) is 3.80. The average molecular weight is 366 g/mol. The summed E-state index contributed by atoms with van der Waals surface area (Å²) in [5.74, 6) is 0. The van der Waals surface area contributed by atoms with E-state index in [0.29, 0.717) is 4.90 Å². The van der Waals surface area contributed by atoms with Gasteiger partial charge in [-0.05, 0) is 34.9 Å². The first-order chi connectivity index (χ1) is 12.6. The zero-order valence-electron chi connectivity index (χ0n) is 14.5. The molecule has 0 bridgehead atoms. The number of hydrogen-bond donors (Lipinski definition) is 1. The summed E-state index contributed by atoms with van der Waals surface area (Å²) in [7, 11) is -3.51. The van der Waals surface area contributed by atoms with Crippen molar-refractivity contribution < 1.29 is 8.42 Å². The molecule has 1 heterocycles. The van der Waals surface area contributed by atoms with Crippen LogP contribution >= 0.6 is 0 Å². The number of likely N-dealkylation sites (tertiary alicyclic amines) is 1. The summed E-state index contributed by atoms with van der Waals surface area (Å²) in [4.78, 5) is 2.63. The normalized spacial score (nSPS) is 18.4. The van der Waals surface area contributed by atoms with E-state index in [1.165, 1.54) is 5.56 Å². The number of benzene rings is 3. The number of rotatable bonds is 5. The molecule has 3 aromatic rings. The van der Waals surface area contributed by atoms with Crippen LogP contribution in [0.5, 0.6) is 0 Å². The maximum Gasteiger partial charge on any atom is 0.240 e. The van der Waals surface area contributed by atoms with Gasteiger partial charge in [0, 0.05) is 25.7 Å². The molecule has 1 aliphatic heterocycles. The lowest BCUT2D eigenvalue weighted by Gasteiger charge is -2.17. The Kier molecular flexibility index (Phi) is 4.76. The molecule has 3 aromatic carbocycles. The van der Waals surface area contributed by atoms with E-state index < -0.39 is 10.0 Å². The Bertz CT molecular complexity index is 1000. The maximum absolute atomic E-state index is 12.8. The second-order valence-electron chi connectivity index (χ2n) is 6.84. The second kappa shape index (κ2) is 7.19. The first kappa shape index (κ1) is 17.2. The van der Waals surface area contributed by atoms with Crippen LogP contribution in [0, 0.1) is 0 Å². The highest BCUT2D eigenvalue weighted by molar-refractivity contribution is 7.89. The van der Waals surface area contributed by atoms with Gasteiger partial charge in [-0.25, -0.2) is 13.1 Å². The molecule has 1 fully saturated rings. The first-order valence-electron chi connectivity index (χ1n) is 8.88.